The molecule has 0 heterocycles. The van der Waals surface area contributed by atoms with Gasteiger partial charge in [0.25, 0.3) is 5.91 Å². The summed E-state index contributed by atoms with van der Waals surface area (Å²) in [5.41, 5.74) is 1.06. The van der Waals surface area contributed by atoms with Crippen LogP contribution in [0.5, 0.6) is 5.75 Å². The van der Waals surface area contributed by atoms with Crippen molar-refractivity contribution in [3.63, 3.8) is 0 Å². The number of hydrogen-bond donors (Lipinski definition) is 1. The van der Waals surface area contributed by atoms with Crippen molar-refractivity contribution < 1.29 is 9.53 Å². The van der Waals surface area contributed by atoms with Crippen LogP contribution in [0.25, 0.3) is 0 Å². The van der Waals surface area contributed by atoms with Crippen LogP contribution in [0.2, 0.25) is 15.1 Å². The van der Waals surface area contributed by atoms with Gasteiger partial charge in [-0.2, -0.15) is 0 Å². The average molecular weight is 359 g/mol. The first-order valence-corrected chi connectivity index (χ1v) is 7.77. The van der Waals surface area contributed by atoms with Gasteiger partial charge in [-0.05, 0) is 36.2 Å². The molecule has 0 unspecified atom stereocenters. The number of amides is 1. The Kier molecular flexibility index (Phi) is 6.37. The van der Waals surface area contributed by atoms with Gasteiger partial charge in [-0.15, -0.1) is 0 Å². The third kappa shape index (κ3) is 5.09. The lowest BCUT2D eigenvalue weighted by atomic mass is 10.1. The van der Waals surface area contributed by atoms with Crippen molar-refractivity contribution in [2.75, 3.05) is 13.2 Å². The van der Waals surface area contributed by atoms with Gasteiger partial charge in [-0.3, -0.25) is 4.79 Å². The molecule has 22 heavy (non-hydrogen) atoms. The molecule has 6 heteroatoms. The molecular weight excluding hydrogens is 345 g/mol. The molecule has 0 bridgehead atoms. The number of halogens is 3. The Bertz CT molecular complexity index is 662. The van der Waals surface area contributed by atoms with Crippen molar-refractivity contribution in [2.24, 2.45) is 0 Å². The Morgan fingerprint density at radius 1 is 1.09 bits per heavy atom. The van der Waals surface area contributed by atoms with E-state index in [-0.39, 0.29) is 12.5 Å². The largest absolute Gasteiger partial charge is 0.482 e. The molecule has 0 spiro atoms. The first-order chi connectivity index (χ1) is 10.6. The molecule has 0 saturated carbocycles. The SMILES string of the molecule is O=C(COc1cccc(Cl)c1Cl)NCCc1cccc(Cl)c1. The molecule has 1 amide bonds. The summed E-state index contributed by atoms with van der Waals surface area (Å²) < 4.78 is 5.35. The van der Waals surface area contributed by atoms with E-state index in [4.69, 9.17) is 39.5 Å². The van der Waals surface area contributed by atoms with Crippen LogP contribution in [0, 0.1) is 0 Å². The van der Waals surface area contributed by atoms with E-state index in [0.717, 1.165) is 5.56 Å². The standard InChI is InChI=1S/C16H14Cl3NO2/c17-12-4-1-3-11(9-12)7-8-20-15(21)10-22-14-6-2-5-13(18)16(14)19/h1-6,9H,7-8,10H2,(H,20,21). The second-order valence-electron chi connectivity index (χ2n) is 4.57. The zero-order valence-corrected chi connectivity index (χ0v) is 13.9. The number of carbonyl (C=O) groups excluding carboxylic acids is 1. The van der Waals surface area contributed by atoms with Crippen LogP contribution in [0.3, 0.4) is 0 Å². The number of ether oxygens (including phenoxy) is 1. The summed E-state index contributed by atoms with van der Waals surface area (Å²) >= 11 is 17.7. The fourth-order valence-electron chi connectivity index (χ4n) is 1.83. The smallest absolute Gasteiger partial charge is 0.257 e. The van der Waals surface area contributed by atoms with E-state index in [9.17, 15) is 4.79 Å². The van der Waals surface area contributed by atoms with Gasteiger partial charge in [-0.25, -0.2) is 0 Å². The highest BCUT2D eigenvalue weighted by molar-refractivity contribution is 6.42. The lowest BCUT2D eigenvalue weighted by Gasteiger charge is -2.09. The second-order valence-corrected chi connectivity index (χ2v) is 5.79. The molecule has 0 fully saturated rings. The van der Waals surface area contributed by atoms with Crippen LogP contribution in [-0.2, 0) is 11.2 Å². The summed E-state index contributed by atoms with van der Waals surface area (Å²) in [6.07, 6.45) is 0.699. The van der Waals surface area contributed by atoms with E-state index in [1.807, 2.05) is 24.3 Å². The summed E-state index contributed by atoms with van der Waals surface area (Å²) in [6.45, 7) is 0.390. The molecule has 2 aromatic carbocycles. The Balaban J connectivity index is 1.75. The van der Waals surface area contributed by atoms with Crippen LogP contribution in [0.4, 0.5) is 0 Å². The molecule has 0 aliphatic heterocycles. The molecule has 3 nitrogen and oxygen atoms in total. The monoisotopic (exact) mass is 357 g/mol. The van der Waals surface area contributed by atoms with Gasteiger partial charge in [0.2, 0.25) is 0 Å². The van der Waals surface area contributed by atoms with Crippen LogP contribution < -0.4 is 10.1 Å². The summed E-state index contributed by atoms with van der Waals surface area (Å²) in [4.78, 5) is 11.7. The van der Waals surface area contributed by atoms with E-state index < -0.39 is 0 Å². The minimum atomic E-state index is -0.224. The number of carbonyl (C=O) groups is 1. The third-order valence-electron chi connectivity index (χ3n) is 2.90. The highest BCUT2D eigenvalue weighted by Crippen LogP contribution is 2.31. The van der Waals surface area contributed by atoms with E-state index in [2.05, 4.69) is 5.32 Å². The first-order valence-electron chi connectivity index (χ1n) is 6.64. The van der Waals surface area contributed by atoms with E-state index in [1.165, 1.54) is 0 Å². The van der Waals surface area contributed by atoms with Crippen LogP contribution >= 0.6 is 34.8 Å². The van der Waals surface area contributed by atoms with Crippen LogP contribution in [-0.4, -0.2) is 19.1 Å². The molecule has 0 radical (unpaired) electrons. The normalized spacial score (nSPS) is 10.3. The zero-order valence-electron chi connectivity index (χ0n) is 11.6. The van der Waals surface area contributed by atoms with Crippen molar-refractivity contribution in [3.8, 4) is 5.75 Å². The van der Waals surface area contributed by atoms with Crippen molar-refractivity contribution >= 4 is 40.7 Å². The number of hydrogen-bond acceptors (Lipinski definition) is 2. The maximum Gasteiger partial charge on any atom is 0.257 e. The van der Waals surface area contributed by atoms with Crippen molar-refractivity contribution in [2.45, 2.75) is 6.42 Å². The van der Waals surface area contributed by atoms with Gasteiger partial charge in [0.05, 0.1) is 5.02 Å². The zero-order chi connectivity index (χ0) is 15.9. The quantitative estimate of drug-likeness (QED) is 0.832. The second kappa shape index (κ2) is 8.28. The predicted molar refractivity (Wildman–Crippen MR) is 90.1 cm³/mol. The molecule has 2 aromatic rings. The minimum Gasteiger partial charge on any atom is -0.482 e. The summed E-state index contributed by atoms with van der Waals surface area (Å²) in [5, 5.41) is 4.15. The van der Waals surface area contributed by atoms with Crippen molar-refractivity contribution in [1.82, 2.24) is 5.32 Å². The molecule has 0 aromatic heterocycles. The van der Waals surface area contributed by atoms with E-state index >= 15 is 0 Å². The lowest BCUT2D eigenvalue weighted by molar-refractivity contribution is -0.123. The topological polar surface area (TPSA) is 38.3 Å². The van der Waals surface area contributed by atoms with E-state index in [1.54, 1.807) is 18.2 Å². The first kappa shape index (κ1) is 16.9. The Morgan fingerprint density at radius 3 is 2.64 bits per heavy atom. The molecule has 0 atom stereocenters. The van der Waals surface area contributed by atoms with Gasteiger partial charge in [-0.1, -0.05) is 53.0 Å². The summed E-state index contributed by atoms with van der Waals surface area (Å²) in [6, 6.07) is 12.5. The van der Waals surface area contributed by atoms with Gasteiger partial charge in [0.15, 0.2) is 6.61 Å². The predicted octanol–water partition coefficient (Wildman–Crippen LogP) is 4.38. The molecule has 116 valence electrons. The van der Waals surface area contributed by atoms with Crippen LogP contribution in [0.1, 0.15) is 5.56 Å². The van der Waals surface area contributed by atoms with Gasteiger partial charge in [0, 0.05) is 11.6 Å². The molecule has 2 rings (SSSR count). The average Bonchev–Trinajstić information content (AvgIpc) is 2.49. The van der Waals surface area contributed by atoms with Gasteiger partial charge in [0.1, 0.15) is 10.8 Å². The number of benzene rings is 2. The molecule has 0 saturated heterocycles. The van der Waals surface area contributed by atoms with Gasteiger partial charge < -0.3 is 10.1 Å². The number of rotatable bonds is 6. The Hall–Kier alpha value is -1.42. The highest BCUT2D eigenvalue weighted by atomic mass is 35.5. The lowest BCUT2D eigenvalue weighted by Crippen LogP contribution is -2.30. The van der Waals surface area contributed by atoms with Crippen LogP contribution in [0.15, 0.2) is 42.5 Å². The molecule has 0 aliphatic carbocycles. The van der Waals surface area contributed by atoms with Crippen molar-refractivity contribution in [1.29, 1.82) is 0 Å². The molecule has 0 aliphatic rings. The maximum absolute atomic E-state index is 11.7. The maximum atomic E-state index is 11.7. The van der Waals surface area contributed by atoms with Crippen molar-refractivity contribution in [3.05, 3.63) is 63.1 Å². The van der Waals surface area contributed by atoms with Gasteiger partial charge >= 0.3 is 0 Å². The van der Waals surface area contributed by atoms with E-state index in [0.29, 0.717) is 33.8 Å². The summed E-state index contributed by atoms with van der Waals surface area (Å²) in [5.74, 6) is 0.164. The minimum absolute atomic E-state index is 0.115. The molecular formula is C16H14Cl3NO2. The third-order valence-corrected chi connectivity index (χ3v) is 3.94. The Labute approximate surface area is 144 Å². The Morgan fingerprint density at radius 2 is 1.86 bits per heavy atom. The highest BCUT2D eigenvalue weighted by Gasteiger charge is 2.08. The fraction of sp³-hybridized carbons (Fsp3) is 0.188. The molecule has 1 N–H and O–H groups in total. The number of nitrogens with one attached hydrogen (secondary N) is 1. The summed E-state index contributed by atoms with van der Waals surface area (Å²) in [7, 11) is 0. The fourth-order valence-corrected chi connectivity index (χ4v) is 2.39.